The van der Waals surface area contributed by atoms with Gasteiger partial charge in [0, 0.05) is 6.20 Å². The fraction of sp³-hybridized carbons (Fsp3) is 0.267. The van der Waals surface area contributed by atoms with Crippen molar-refractivity contribution in [1.29, 1.82) is 0 Å². The van der Waals surface area contributed by atoms with Gasteiger partial charge < -0.3 is 10.5 Å². The van der Waals surface area contributed by atoms with Crippen LogP contribution in [0.25, 0.3) is 0 Å². The van der Waals surface area contributed by atoms with Gasteiger partial charge in [-0.25, -0.2) is 0 Å². The van der Waals surface area contributed by atoms with E-state index in [0.29, 0.717) is 0 Å². The van der Waals surface area contributed by atoms with Crippen molar-refractivity contribution < 1.29 is 4.74 Å². The maximum atomic E-state index is 6.18. The number of hydrogen-bond acceptors (Lipinski definition) is 3. The van der Waals surface area contributed by atoms with Gasteiger partial charge in [-0.1, -0.05) is 30.3 Å². The van der Waals surface area contributed by atoms with E-state index in [0.717, 1.165) is 24.3 Å². The standard InChI is InChI=1S/C15H18N2O/c1-18-14-8-5-11-17-15(14)13(16)10-9-12-6-3-2-4-7-12/h2-8,11,13H,9-10,16H2,1H3. The minimum absolute atomic E-state index is 0.0960. The van der Waals surface area contributed by atoms with Gasteiger partial charge in [0.2, 0.25) is 0 Å². The molecule has 94 valence electrons. The van der Waals surface area contributed by atoms with Crippen molar-refractivity contribution in [1.82, 2.24) is 4.98 Å². The van der Waals surface area contributed by atoms with Crippen LogP contribution in [0, 0.1) is 0 Å². The molecule has 3 heteroatoms. The summed E-state index contributed by atoms with van der Waals surface area (Å²) in [5.74, 6) is 0.762. The van der Waals surface area contributed by atoms with Gasteiger partial charge >= 0.3 is 0 Å². The third kappa shape index (κ3) is 3.08. The van der Waals surface area contributed by atoms with E-state index in [1.165, 1.54) is 5.56 Å². The SMILES string of the molecule is COc1cccnc1C(N)CCc1ccccc1. The molecular weight excluding hydrogens is 224 g/mol. The Morgan fingerprint density at radius 2 is 1.94 bits per heavy atom. The predicted octanol–water partition coefficient (Wildman–Crippen LogP) is 2.72. The molecule has 0 saturated heterocycles. The summed E-state index contributed by atoms with van der Waals surface area (Å²) in [6.07, 6.45) is 3.55. The summed E-state index contributed by atoms with van der Waals surface area (Å²) < 4.78 is 5.28. The molecule has 0 aliphatic rings. The molecule has 3 nitrogen and oxygen atoms in total. The van der Waals surface area contributed by atoms with E-state index in [4.69, 9.17) is 10.5 Å². The van der Waals surface area contributed by atoms with Crippen molar-refractivity contribution in [3.63, 3.8) is 0 Å². The second-order valence-electron chi connectivity index (χ2n) is 4.22. The van der Waals surface area contributed by atoms with Gasteiger partial charge in [-0.2, -0.15) is 0 Å². The summed E-state index contributed by atoms with van der Waals surface area (Å²) in [5, 5.41) is 0. The summed E-state index contributed by atoms with van der Waals surface area (Å²) in [6.45, 7) is 0. The predicted molar refractivity (Wildman–Crippen MR) is 72.5 cm³/mol. The van der Waals surface area contributed by atoms with Crippen LogP contribution in [0.5, 0.6) is 5.75 Å². The quantitative estimate of drug-likeness (QED) is 0.877. The number of benzene rings is 1. The zero-order valence-corrected chi connectivity index (χ0v) is 10.5. The average Bonchev–Trinajstić information content (AvgIpc) is 2.45. The molecule has 0 radical (unpaired) electrons. The highest BCUT2D eigenvalue weighted by Crippen LogP contribution is 2.23. The number of nitrogens with zero attached hydrogens (tertiary/aromatic N) is 1. The Kier molecular flexibility index (Phi) is 4.31. The topological polar surface area (TPSA) is 48.1 Å². The molecule has 1 aromatic heterocycles. The van der Waals surface area contributed by atoms with E-state index in [2.05, 4.69) is 17.1 Å². The highest BCUT2D eigenvalue weighted by Gasteiger charge is 2.12. The van der Waals surface area contributed by atoms with E-state index >= 15 is 0 Å². The maximum absolute atomic E-state index is 6.18. The number of methoxy groups -OCH3 is 1. The molecule has 1 unspecified atom stereocenters. The normalized spacial score (nSPS) is 12.1. The van der Waals surface area contributed by atoms with Gasteiger partial charge in [0.1, 0.15) is 5.75 Å². The second-order valence-corrected chi connectivity index (χ2v) is 4.22. The van der Waals surface area contributed by atoms with E-state index in [1.54, 1.807) is 13.3 Å². The number of ether oxygens (including phenoxy) is 1. The molecule has 0 spiro atoms. The minimum atomic E-state index is -0.0960. The number of nitrogens with two attached hydrogens (primary N) is 1. The van der Waals surface area contributed by atoms with Crippen molar-refractivity contribution >= 4 is 0 Å². The van der Waals surface area contributed by atoms with Crippen molar-refractivity contribution in [2.24, 2.45) is 5.73 Å². The van der Waals surface area contributed by atoms with Crippen LogP contribution in [-0.2, 0) is 6.42 Å². The van der Waals surface area contributed by atoms with E-state index in [1.807, 2.05) is 30.3 Å². The monoisotopic (exact) mass is 242 g/mol. The van der Waals surface area contributed by atoms with Crippen molar-refractivity contribution in [2.75, 3.05) is 7.11 Å². The minimum Gasteiger partial charge on any atom is -0.495 e. The Morgan fingerprint density at radius 3 is 2.67 bits per heavy atom. The first-order chi connectivity index (χ1) is 8.81. The molecule has 0 bridgehead atoms. The summed E-state index contributed by atoms with van der Waals surface area (Å²) in [4.78, 5) is 4.31. The molecule has 0 amide bonds. The molecule has 1 aromatic carbocycles. The zero-order valence-electron chi connectivity index (χ0n) is 10.5. The largest absolute Gasteiger partial charge is 0.495 e. The van der Waals surface area contributed by atoms with Crippen LogP contribution in [-0.4, -0.2) is 12.1 Å². The van der Waals surface area contributed by atoms with E-state index in [9.17, 15) is 0 Å². The van der Waals surface area contributed by atoms with Crippen LogP contribution in [0.4, 0.5) is 0 Å². The molecule has 0 aliphatic heterocycles. The fourth-order valence-electron chi connectivity index (χ4n) is 1.96. The Hall–Kier alpha value is -1.87. The number of pyridine rings is 1. The summed E-state index contributed by atoms with van der Waals surface area (Å²) >= 11 is 0. The third-order valence-corrected chi connectivity index (χ3v) is 2.96. The Morgan fingerprint density at radius 1 is 1.17 bits per heavy atom. The van der Waals surface area contributed by atoms with Crippen LogP contribution >= 0.6 is 0 Å². The first-order valence-electron chi connectivity index (χ1n) is 6.09. The Labute approximate surface area is 108 Å². The van der Waals surface area contributed by atoms with Gasteiger partial charge in [-0.3, -0.25) is 4.98 Å². The van der Waals surface area contributed by atoms with Crippen LogP contribution in [0.3, 0.4) is 0 Å². The number of rotatable bonds is 5. The maximum Gasteiger partial charge on any atom is 0.141 e. The van der Waals surface area contributed by atoms with Gasteiger partial charge in [0.05, 0.1) is 18.8 Å². The highest BCUT2D eigenvalue weighted by molar-refractivity contribution is 5.29. The molecule has 0 fully saturated rings. The molecule has 1 heterocycles. The molecule has 0 aliphatic carbocycles. The van der Waals surface area contributed by atoms with Crippen LogP contribution < -0.4 is 10.5 Å². The highest BCUT2D eigenvalue weighted by atomic mass is 16.5. The summed E-state index contributed by atoms with van der Waals surface area (Å²) in [6, 6.07) is 14.0. The fourth-order valence-corrected chi connectivity index (χ4v) is 1.96. The van der Waals surface area contributed by atoms with Crippen LogP contribution in [0.1, 0.15) is 23.7 Å². The summed E-state index contributed by atoms with van der Waals surface area (Å²) in [5.41, 5.74) is 8.30. The smallest absolute Gasteiger partial charge is 0.141 e. The van der Waals surface area contributed by atoms with E-state index in [-0.39, 0.29) is 6.04 Å². The zero-order chi connectivity index (χ0) is 12.8. The van der Waals surface area contributed by atoms with Gasteiger partial charge in [0.25, 0.3) is 0 Å². The molecular formula is C15H18N2O. The lowest BCUT2D eigenvalue weighted by molar-refractivity contribution is 0.400. The van der Waals surface area contributed by atoms with E-state index < -0.39 is 0 Å². The van der Waals surface area contributed by atoms with Crippen molar-refractivity contribution in [3.05, 3.63) is 59.9 Å². The van der Waals surface area contributed by atoms with Gasteiger partial charge in [-0.05, 0) is 30.5 Å². The molecule has 0 saturated carbocycles. The lowest BCUT2D eigenvalue weighted by atomic mass is 10.0. The van der Waals surface area contributed by atoms with Gasteiger partial charge in [0.15, 0.2) is 0 Å². The van der Waals surface area contributed by atoms with Crippen LogP contribution in [0.15, 0.2) is 48.7 Å². The molecule has 1 atom stereocenters. The first kappa shape index (κ1) is 12.6. The average molecular weight is 242 g/mol. The van der Waals surface area contributed by atoms with Gasteiger partial charge in [-0.15, -0.1) is 0 Å². The molecule has 2 N–H and O–H groups in total. The Balaban J connectivity index is 2.01. The lowest BCUT2D eigenvalue weighted by Gasteiger charge is -2.14. The molecule has 2 aromatic rings. The molecule has 2 rings (SSSR count). The third-order valence-electron chi connectivity index (χ3n) is 2.96. The number of aryl methyl sites for hydroxylation is 1. The number of hydrogen-bond donors (Lipinski definition) is 1. The molecule has 18 heavy (non-hydrogen) atoms. The van der Waals surface area contributed by atoms with Crippen molar-refractivity contribution in [3.8, 4) is 5.75 Å². The first-order valence-corrected chi connectivity index (χ1v) is 6.09. The number of aromatic nitrogens is 1. The van der Waals surface area contributed by atoms with Crippen molar-refractivity contribution in [2.45, 2.75) is 18.9 Å². The second kappa shape index (κ2) is 6.17. The van der Waals surface area contributed by atoms with Crippen LogP contribution in [0.2, 0.25) is 0 Å². The Bertz CT molecular complexity index is 485. The lowest BCUT2D eigenvalue weighted by Crippen LogP contribution is -2.14. The summed E-state index contributed by atoms with van der Waals surface area (Å²) in [7, 11) is 1.64.